The van der Waals surface area contributed by atoms with Crippen LogP contribution in [0.1, 0.15) is 16.7 Å². The standard InChI is InChI=1S/C63H32N2O9S4/c66-52-41-23-37-19-33-15-7-8-16-34(33)20-38(37)24-42(41)53(67)50(52)64-47-27-45-57(77-47)49-59(75-45)60-56(74-63(49,61(70)72-29-31-11-3-1-4-12-31)62(71)73-30-32-13-5-2-6-14-32)58-46(76-60)28-48(78-58)65-51-54(68)43-25-39-21-35-17-9-10-18-36(35)22-40(39)26-44(43)55(51)69/h1-28H,29-30H2. The lowest BCUT2D eigenvalue weighted by Gasteiger charge is -2.33. The highest BCUT2D eigenvalue weighted by molar-refractivity contribution is 7.36. The van der Waals surface area contributed by atoms with E-state index in [2.05, 4.69) is 0 Å². The molecular formula is C63H32N2O9S4. The van der Waals surface area contributed by atoms with Crippen LogP contribution in [0.4, 0.5) is 10.0 Å². The topological polar surface area (TPSA) is 155 Å². The minimum absolute atomic E-state index is 0.183. The van der Waals surface area contributed by atoms with Crippen molar-refractivity contribution >= 4 is 151 Å². The molecule has 15 heteroatoms. The van der Waals surface area contributed by atoms with E-state index in [0.717, 1.165) is 65.8 Å². The van der Waals surface area contributed by atoms with E-state index in [9.17, 15) is 19.2 Å². The molecule has 0 amide bonds. The van der Waals surface area contributed by atoms with Gasteiger partial charge in [0.15, 0.2) is 16.5 Å². The van der Waals surface area contributed by atoms with Crippen molar-refractivity contribution in [2.75, 3.05) is 0 Å². The summed E-state index contributed by atoms with van der Waals surface area (Å²) in [6.45, 7) is -0.414. The predicted molar refractivity (Wildman–Crippen MR) is 311 cm³/mol. The lowest BCUT2D eigenvalue weighted by atomic mass is 9.90. The molecule has 1 aliphatic heterocycles. The van der Waals surface area contributed by atoms with Crippen LogP contribution in [0.15, 0.2) is 199 Å². The molecule has 14 aromatic rings. The second-order valence-corrected chi connectivity index (χ2v) is 23.3. The predicted octanol–water partition coefficient (Wildman–Crippen LogP) is 12.6. The normalized spacial score (nSPS) is 13.0. The van der Waals surface area contributed by atoms with Crippen molar-refractivity contribution in [3.63, 3.8) is 0 Å². The van der Waals surface area contributed by atoms with Crippen LogP contribution in [0.3, 0.4) is 0 Å². The van der Waals surface area contributed by atoms with Gasteiger partial charge in [0.1, 0.15) is 23.2 Å². The number of fused-ring (bicyclic) bond motifs is 13. The third-order valence-electron chi connectivity index (χ3n) is 14.4. The van der Waals surface area contributed by atoms with Gasteiger partial charge >= 0.3 is 17.5 Å². The Balaban J connectivity index is 0.898. The number of benzene rings is 8. The maximum Gasteiger partial charge on any atom is 0.367 e. The Bertz CT molecular complexity index is 5050. The van der Waals surface area contributed by atoms with E-state index in [4.69, 9.17) is 24.2 Å². The number of nitrogens with zero attached hydrogens (tertiary/aromatic N) is 2. The highest BCUT2D eigenvalue weighted by Gasteiger charge is 2.60. The molecule has 10 aromatic carbocycles. The fraction of sp³-hybridized carbons (Fsp3) is 0.0476. The third kappa shape index (κ3) is 7.12. The quantitative estimate of drug-likeness (QED) is 0.0821. The number of hydrogen-bond donors (Lipinski definition) is 0. The van der Waals surface area contributed by atoms with Gasteiger partial charge in [-0.2, -0.15) is 0 Å². The van der Waals surface area contributed by atoms with Crippen LogP contribution < -0.4 is 37.2 Å². The maximum absolute atomic E-state index is 15.3. The Morgan fingerprint density at radius 2 is 0.795 bits per heavy atom. The molecule has 0 unspecified atom stereocenters. The lowest BCUT2D eigenvalue weighted by molar-refractivity contribution is -0.183. The number of carbonyl (C=O) groups is 2. The van der Waals surface area contributed by atoms with E-state index >= 15 is 9.59 Å². The van der Waals surface area contributed by atoms with Gasteiger partial charge in [-0.05, 0) is 115 Å². The summed E-state index contributed by atoms with van der Waals surface area (Å²) >= 11 is 4.90. The zero-order chi connectivity index (χ0) is 52.6. The van der Waals surface area contributed by atoms with Crippen molar-refractivity contribution in [1.82, 2.24) is 0 Å². The number of ether oxygens (including phenoxy) is 3. The molecule has 15 rings (SSSR count). The van der Waals surface area contributed by atoms with Crippen molar-refractivity contribution < 1.29 is 23.8 Å². The van der Waals surface area contributed by atoms with E-state index < -0.39 is 39.3 Å². The first kappa shape index (κ1) is 46.2. The summed E-state index contributed by atoms with van der Waals surface area (Å²) < 4.78 is 21.4. The monoisotopic (exact) mass is 1090 g/mol. The average molecular weight is 1090 g/mol. The minimum atomic E-state index is -2.56. The van der Waals surface area contributed by atoms with Gasteiger partial charge in [-0.1, -0.05) is 109 Å². The van der Waals surface area contributed by atoms with Crippen LogP contribution in [0.25, 0.3) is 93.2 Å². The number of rotatable bonds is 8. The van der Waals surface area contributed by atoms with Gasteiger partial charge in [0.05, 0.1) is 29.4 Å². The SMILES string of the molecule is O=C(OCc1ccccc1)C1(C(=O)OCc2ccccc2)Oc2c(sc3cc(N=c4c(=O)c5cc6cc7ccccc7cc6cc5c4=O)sc23)-c2sc3cc(N=c4c(=O)c5cc6cc7ccccc7cc6cc5c4=O)sc3c21. The summed E-state index contributed by atoms with van der Waals surface area (Å²) in [7, 11) is 0. The highest BCUT2D eigenvalue weighted by Crippen LogP contribution is 2.61. The van der Waals surface area contributed by atoms with Gasteiger partial charge in [-0.25, -0.2) is 19.6 Å². The molecule has 0 atom stereocenters. The molecule has 0 bridgehead atoms. The third-order valence-corrected chi connectivity index (χ3v) is 19.2. The molecule has 4 aromatic heterocycles. The van der Waals surface area contributed by atoms with E-state index in [1.54, 1.807) is 60.7 Å². The van der Waals surface area contributed by atoms with E-state index in [-0.39, 0.29) is 56.8 Å². The van der Waals surface area contributed by atoms with Crippen LogP contribution in [-0.2, 0) is 37.9 Å². The fourth-order valence-corrected chi connectivity index (χ4v) is 15.8. The highest BCUT2D eigenvalue weighted by atomic mass is 32.1. The van der Waals surface area contributed by atoms with Crippen LogP contribution in [0.2, 0.25) is 0 Å². The summed E-state index contributed by atoms with van der Waals surface area (Å²) in [6, 6.07) is 52.3. The van der Waals surface area contributed by atoms with Gasteiger partial charge in [0.2, 0.25) is 21.7 Å². The fourth-order valence-electron chi connectivity index (χ4n) is 10.7. The smallest absolute Gasteiger partial charge is 0.367 e. The molecule has 0 fully saturated rings. The number of thiophene rings is 4. The molecule has 5 heterocycles. The molecule has 372 valence electrons. The van der Waals surface area contributed by atoms with Gasteiger partial charge < -0.3 is 14.2 Å². The molecular weight excluding hydrogens is 1060 g/mol. The molecule has 0 radical (unpaired) electrons. The molecule has 11 nitrogen and oxygen atoms in total. The summed E-state index contributed by atoms with van der Waals surface area (Å²) in [5.74, 6) is -1.87. The Labute approximate surface area is 454 Å². The van der Waals surface area contributed by atoms with Gasteiger partial charge in [0, 0.05) is 26.2 Å². The Hall–Kier alpha value is -9.12. The Morgan fingerprint density at radius 1 is 0.423 bits per heavy atom. The molecule has 0 N–H and O–H groups in total. The largest absolute Gasteiger partial charge is 0.457 e. The van der Waals surface area contributed by atoms with Crippen molar-refractivity contribution in [2.45, 2.75) is 18.8 Å². The molecule has 0 aliphatic carbocycles. The molecule has 78 heavy (non-hydrogen) atoms. The molecule has 1 aliphatic rings. The van der Waals surface area contributed by atoms with Crippen molar-refractivity contribution in [2.24, 2.45) is 9.98 Å². The Morgan fingerprint density at radius 3 is 1.22 bits per heavy atom. The van der Waals surface area contributed by atoms with Gasteiger partial charge in [0.25, 0.3) is 0 Å². The lowest BCUT2D eigenvalue weighted by Crippen LogP contribution is -2.52. The maximum atomic E-state index is 15.3. The summed E-state index contributed by atoms with van der Waals surface area (Å²) in [5, 5.41) is 8.58. The number of carbonyl (C=O) groups excluding carboxylic acids is 2. The summed E-state index contributed by atoms with van der Waals surface area (Å²) in [6.07, 6.45) is 0. The average Bonchev–Trinajstić information content (AvgIpc) is 4.08. The molecule has 0 saturated carbocycles. The number of hydrogen-bond acceptors (Lipinski definition) is 15. The first-order chi connectivity index (χ1) is 38.1. The van der Waals surface area contributed by atoms with Crippen LogP contribution in [-0.4, -0.2) is 11.9 Å². The molecule has 0 spiro atoms. The summed E-state index contributed by atoms with van der Waals surface area (Å²) in [5.41, 5.74) is -3.03. The minimum Gasteiger partial charge on any atom is -0.457 e. The zero-order valence-electron chi connectivity index (χ0n) is 40.3. The van der Waals surface area contributed by atoms with Gasteiger partial charge in [-0.3, -0.25) is 19.2 Å². The van der Waals surface area contributed by atoms with E-state index in [1.807, 2.05) is 109 Å². The van der Waals surface area contributed by atoms with Crippen LogP contribution >= 0.6 is 45.3 Å². The Kier molecular flexibility index (Phi) is 10.3. The zero-order valence-corrected chi connectivity index (χ0v) is 43.5. The second-order valence-electron chi connectivity index (χ2n) is 19.2. The van der Waals surface area contributed by atoms with Gasteiger partial charge in [-0.15, -0.1) is 45.3 Å². The summed E-state index contributed by atoms with van der Waals surface area (Å²) in [4.78, 5) is 97.5. The second kappa shape index (κ2) is 17.5. The number of esters is 2. The van der Waals surface area contributed by atoms with Crippen LogP contribution in [0.5, 0.6) is 5.75 Å². The van der Waals surface area contributed by atoms with Crippen molar-refractivity contribution in [1.29, 1.82) is 0 Å². The van der Waals surface area contributed by atoms with Crippen LogP contribution in [0, 0.1) is 0 Å². The first-order valence-electron chi connectivity index (χ1n) is 24.6. The van der Waals surface area contributed by atoms with E-state index in [1.165, 1.54) is 22.7 Å². The van der Waals surface area contributed by atoms with Crippen molar-refractivity contribution in [3.8, 4) is 15.5 Å². The van der Waals surface area contributed by atoms with Crippen molar-refractivity contribution in [3.05, 3.63) is 238 Å². The first-order valence-corrected chi connectivity index (χ1v) is 27.9. The van der Waals surface area contributed by atoms with E-state index in [0.29, 0.717) is 49.7 Å². The molecule has 0 saturated heterocycles.